The lowest BCUT2D eigenvalue weighted by Gasteiger charge is -2.28. The molecular formula is C11H18O2Si. The van der Waals surface area contributed by atoms with E-state index in [1.165, 1.54) is 0 Å². The van der Waals surface area contributed by atoms with Crippen molar-refractivity contribution >= 4 is 8.07 Å². The highest BCUT2D eigenvalue weighted by Crippen LogP contribution is 2.23. The Balaban J connectivity index is 2.81. The highest BCUT2D eigenvalue weighted by molar-refractivity contribution is 6.77. The van der Waals surface area contributed by atoms with Crippen molar-refractivity contribution in [1.82, 2.24) is 0 Å². The van der Waals surface area contributed by atoms with E-state index in [9.17, 15) is 10.2 Å². The molecule has 0 fully saturated rings. The SMILES string of the molecule is C[Si](C)(C)[C@@H](O)[C@H](O)c1ccccc1. The molecule has 0 aliphatic carbocycles. The molecule has 2 nitrogen and oxygen atoms in total. The zero-order valence-corrected chi connectivity index (χ0v) is 9.94. The maximum Gasteiger partial charge on any atom is 0.102 e. The van der Waals surface area contributed by atoms with Gasteiger partial charge in [0, 0.05) is 0 Å². The highest BCUT2D eigenvalue weighted by atomic mass is 28.3. The molecule has 0 heterocycles. The topological polar surface area (TPSA) is 40.5 Å². The predicted molar refractivity (Wildman–Crippen MR) is 60.8 cm³/mol. The molecule has 3 heteroatoms. The molecule has 2 N–H and O–H groups in total. The van der Waals surface area contributed by atoms with Gasteiger partial charge in [-0.3, -0.25) is 0 Å². The second-order valence-corrected chi connectivity index (χ2v) is 9.99. The van der Waals surface area contributed by atoms with Gasteiger partial charge < -0.3 is 10.2 Å². The van der Waals surface area contributed by atoms with E-state index in [1.54, 1.807) is 0 Å². The monoisotopic (exact) mass is 210 g/mol. The predicted octanol–water partition coefficient (Wildman–Crippen LogP) is 1.96. The molecule has 1 rings (SSSR count). The third-order valence-corrected chi connectivity index (χ3v) is 4.42. The van der Waals surface area contributed by atoms with Crippen LogP contribution >= 0.6 is 0 Å². The average molecular weight is 210 g/mol. The first-order chi connectivity index (χ1) is 6.43. The summed E-state index contributed by atoms with van der Waals surface area (Å²) in [6, 6.07) is 9.32. The summed E-state index contributed by atoms with van der Waals surface area (Å²) in [6.45, 7) is 6.14. The second-order valence-electron chi connectivity index (χ2n) is 4.67. The van der Waals surface area contributed by atoms with Crippen molar-refractivity contribution in [1.29, 1.82) is 0 Å². The summed E-state index contributed by atoms with van der Waals surface area (Å²) < 4.78 is 0. The van der Waals surface area contributed by atoms with E-state index >= 15 is 0 Å². The van der Waals surface area contributed by atoms with E-state index in [0.717, 1.165) is 5.56 Å². The van der Waals surface area contributed by atoms with Gasteiger partial charge in [-0.15, -0.1) is 0 Å². The molecule has 0 unspecified atom stereocenters. The van der Waals surface area contributed by atoms with Gasteiger partial charge >= 0.3 is 0 Å². The first-order valence-electron chi connectivity index (χ1n) is 4.84. The molecule has 14 heavy (non-hydrogen) atoms. The lowest BCUT2D eigenvalue weighted by atomic mass is 10.1. The first kappa shape index (κ1) is 11.4. The summed E-state index contributed by atoms with van der Waals surface area (Å²) in [5.74, 6) is 0. The maximum absolute atomic E-state index is 9.92. The van der Waals surface area contributed by atoms with Gasteiger partial charge in [0.2, 0.25) is 0 Å². The van der Waals surface area contributed by atoms with Crippen molar-refractivity contribution in [3.05, 3.63) is 35.9 Å². The van der Waals surface area contributed by atoms with Crippen LogP contribution in [0, 0.1) is 0 Å². The molecule has 0 radical (unpaired) electrons. The third kappa shape index (κ3) is 2.67. The molecule has 2 atom stereocenters. The fraction of sp³-hybridized carbons (Fsp3) is 0.455. The van der Waals surface area contributed by atoms with Gasteiger partial charge in [0.05, 0.1) is 13.8 Å². The van der Waals surface area contributed by atoms with Crippen LogP contribution in [0.1, 0.15) is 11.7 Å². The molecule has 0 aromatic heterocycles. The van der Waals surface area contributed by atoms with Gasteiger partial charge in [0.25, 0.3) is 0 Å². The Morgan fingerprint density at radius 3 is 1.93 bits per heavy atom. The van der Waals surface area contributed by atoms with Crippen LogP contribution in [0.25, 0.3) is 0 Å². The van der Waals surface area contributed by atoms with Crippen molar-refractivity contribution in [2.75, 3.05) is 0 Å². The molecule has 0 aliphatic rings. The molecule has 0 amide bonds. The zero-order chi connectivity index (χ0) is 10.8. The molecule has 0 saturated carbocycles. The van der Waals surface area contributed by atoms with E-state index in [4.69, 9.17) is 0 Å². The Bertz CT molecular complexity index is 279. The van der Waals surface area contributed by atoms with Crippen LogP contribution in [0.4, 0.5) is 0 Å². The van der Waals surface area contributed by atoms with E-state index < -0.39 is 19.9 Å². The minimum absolute atomic E-state index is 0.607. The number of hydrogen-bond donors (Lipinski definition) is 2. The molecular weight excluding hydrogens is 192 g/mol. The summed E-state index contributed by atoms with van der Waals surface area (Å²) in [5.41, 5.74) is 0.187. The molecule has 0 saturated heterocycles. The number of hydrogen-bond acceptors (Lipinski definition) is 2. The molecule has 1 aromatic carbocycles. The summed E-state index contributed by atoms with van der Waals surface area (Å²) >= 11 is 0. The van der Waals surface area contributed by atoms with Crippen molar-refractivity contribution < 1.29 is 10.2 Å². The second kappa shape index (κ2) is 4.25. The number of aliphatic hydroxyl groups is 2. The molecule has 78 valence electrons. The normalized spacial score (nSPS) is 16.4. The fourth-order valence-corrected chi connectivity index (χ4v) is 2.45. The minimum Gasteiger partial charge on any atom is -0.394 e. The Hall–Kier alpha value is -0.643. The van der Waals surface area contributed by atoms with Gasteiger partial charge in [-0.1, -0.05) is 50.0 Å². The van der Waals surface area contributed by atoms with Crippen LogP contribution in [-0.4, -0.2) is 24.0 Å². The zero-order valence-electron chi connectivity index (χ0n) is 8.94. The van der Waals surface area contributed by atoms with E-state index in [0.29, 0.717) is 0 Å². The van der Waals surface area contributed by atoms with Gasteiger partial charge in [0.15, 0.2) is 0 Å². The number of aliphatic hydroxyl groups excluding tert-OH is 2. The van der Waals surface area contributed by atoms with Crippen LogP contribution in [0.2, 0.25) is 19.6 Å². The largest absolute Gasteiger partial charge is 0.394 e. The van der Waals surface area contributed by atoms with Crippen molar-refractivity contribution in [2.24, 2.45) is 0 Å². The molecule has 0 spiro atoms. The van der Waals surface area contributed by atoms with Crippen LogP contribution < -0.4 is 0 Å². The smallest absolute Gasteiger partial charge is 0.102 e. The van der Waals surface area contributed by atoms with Gasteiger partial charge in [0.1, 0.15) is 6.10 Å². The van der Waals surface area contributed by atoms with Crippen molar-refractivity contribution in [3.8, 4) is 0 Å². The Labute approximate surface area is 86.2 Å². The summed E-state index contributed by atoms with van der Waals surface area (Å²) in [7, 11) is -1.70. The fourth-order valence-electron chi connectivity index (χ4n) is 1.31. The van der Waals surface area contributed by atoms with Crippen LogP contribution in [0.15, 0.2) is 30.3 Å². The average Bonchev–Trinajstić information content (AvgIpc) is 2.15. The van der Waals surface area contributed by atoms with Gasteiger partial charge in [-0.25, -0.2) is 0 Å². The van der Waals surface area contributed by atoms with E-state index in [2.05, 4.69) is 0 Å². The Morgan fingerprint density at radius 2 is 1.50 bits per heavy atom. The molecule has 1 aromatic rings. The number of benzene rings is 1. The highest BCUT2D eigenvalue weighted by Gasteiger charge is 2.31. The third-order valence-electron chi connectivity index (χ3n) is 2.33. The number of rotatable bonds is 3. The Morgan fingerprint density at radius 1 is 1.00 bits per heavy atom. The summed E-state index contributed by atoms with van der Waals surface area (Å²) in [4.78, 5) is 0. The van der Waals surface area contributed by atoms with Crippen molar-refractivity contribution in [3.63, 3.8) is 0 Å². The Kier molecular flexibility index (Phi) is 3.47. The van der Waals surface area contributed by atoms with E-state index in [-0.39, 0.29) is 0 Å². The molecule has 0 aliphatic heterocycles. The molecule has 0 bridgehead atoms. The lowest BCUT2D eigenvalue weighted by molar-refractivity contribution is 0.0616. The summed E-state index contributed by atoms with van der Waals surface area (Å²) in [5, 5.41) is 19.8. The van der Waals surface area contributed by atoms with E-state index in [1.807, 2.05) is 50.0 Å². The van der Waals surface area contributed by atoms with Gasteiger partial charge in [-0.2, -0.15) is 0 Å². The standard InChI is InChI=1S/C11H18O2Si/c1-14(2,3)11(13)10(12)9-7-5-4-6-8-9/h4-8,10-13H,1-3H3/t10-,11-/m1/s1. The van der Waals surface area contributed by atoms with Crippen LogP contribution in [0.5, 0.6) is 0 Å². The summed E-state index contributed by atoms with van der Waals surface area (Å²) in [6.07, 6.45) is -0.747. The first-order valence-corrected chi connectivity index (χ1v) is 8.42. The van der Waals surface area contributed by atoms with Crippen molar-refractivity contribution in [2.45, 2.75) is 31.5 Å². The van der Waals surface area contributed by atoms with Gasteiger partial charge in [-0.05, 0) is 5.56 Å². The van der Waals surface area contributed by atoms with Crippen LogP contribution in [-0.2, 0) is 0 Å². The minimum atomic E-state index is -1.70. The lowest BCUT2D eigenvalue weighted by Crippen LogP contribution is -2.42. The van der Waals surface area contributed by atoms with Crippen LogP contribution in [0.3, 0.4) is 0 Å². The quantitative estimate of drug-likeness (QED) is 0.749. The maximum atomic E-state index is 9.92.